The minimum atomic E-state index is -0.722. The Morgan fingerprint density at radius 3 is 2.71 bits per heavy atom. The van der Waals surface area contributed by atoms with Gasteiger partial charge in [0, 0.05) is 24.6 Å². The highest BCUT2D eigenvalue weighted by molar-refractivity contribution is 6.01. The van der Waals surface area contributed by atoms with Crippen LogP contribution in [-0.2, 0) is 22.7 Å². The number of rotatable bonds is 8. The molecular weight excluding hydrogens is 363 g/mol. The second kappa shape index (κ2) is 8.65. The number of amides is 2. The van der Waals surface area contributed by atoms with Crippen LogP contribution in [0.4, 0.5) is 4.39 Å². The molecule has 2 aromatic carbocycles. The second-order valence-corrected chi connectivity index (χ2v) is 6.50. The monoisotopic (exact) mass is 384 g/mol. The molecule has 0 radical (unpaired) electrons. The first kappa shape index (κ1) is 19.5. The van der Waals surface area contributed by atoms with Crippen LogP contribution in [0.15, 0.2) is 42.5 Å². The summed E-state index contributed by atoms with van der Waals surface area (Å²) in [6.07, 6.45) is 1.18. The van der Waals surface area contributed by atoms with Gasteiger partial charge in [0.05, 0.1) is 6.54 Å². The van der Waals surface area contributed by atoms with E-state index in [4.69, 9.17) is 4.74 Å². The van der Waals surface area contributed by atoms with Crippen molar-refractivity contribution in [2.24, 2.45) is 0 Å². The fraction of sp³-hybridized carbons (Fsp3) is 0.286. The molecule has 1 aliphatic heterocycles. The molecule has 146 valence electrons. The largest absolute Gasteiger partial charge is 0.489 e. The Balaban J connectivity index is 1.80. The number of carbonyl (C=O) groups excluding carboxylic acids is 3. The molecule has 0 aliphatic carbocycles. The first-order chi connectivity index (χ1) is 13.5. The molecule has 2 amide bonds. The van der Waals surface area contributed by atoms with Crippen molar-refractivity contribution in [3.8, 4) is 5.75 Å². The van der Waals surface area contributed by atoms with Gasteiger partial charge in [-0.3, -0.25) is 9.59 Å². The van der Waals surface area contributed by atoms with E-state index in [0.717, 1.165) is 11.8 Å². The van der Waals surface area contributed by atoms with Gasteiger partial charge in [0.25, 0.3) is 5.91 Å². The van der Waals surface area contributed by atoms with Crippen LogP contribution in [0, 0.1) is 5.82 Å². The van der Waals surface area contributed by atoms with Crippen LogP contribution in [-0.4, -0.2) is 36.1 Å². The molecule has 0 saturated heterocycles. The summed E-state index contributed by atoms with van der Waals surface area (Å²) in [5.74, 6) is -0.344. The Morgan fingerprint density at radius 2 is 2.04 bits per heavy atom. The number of aldehydes is 1. The molecule has 7 heteroatoms. The number of halogens is 1. The van der Waals surface area contributed by atoms with Crippen LogP contribution in [0.5, 0.6) is 5.75 Å². The molecule has 3 rings (SSSR count). The molecule has 1 heterocycles. The van der Waals surface area contributed by atoms with E-state index < -0.39 is 6.04 Å². The number of hydrogen-bond acceptors (Lipinski definition) is 4. The van der Waals surface area contributed by atoms with E-state index in [-0.39, 0.29) is 43.6 Å². The van der Waals surface area contributed by atoms with Crippen molar-refractivity contribution in [3.63, 3.8) is 0 Å². The molecule has 1 atom stereocenters. The lowest BCUT2D eigenvalue weighted by molar-refractivity contribution is -0.125. The normalized spacial score (nSPS) is 13.8. The minimum Gasteiger partial charge on any atom is -0.489 e. The maximum Gasteiger partial charge on any atom is 0.255 e. The molecule has 2 aromatic rings. The molecule has 1 aliphatic rings. The number of benzene rings is 2. The number of nitrogens with zero attached hydrogens (tertiary/aromatic N) is 1. The molecule has 0 bridgehead atoms. The van der Waals surface area contributed by atoms with Crippen molar-refractivity contribution in [3.05, 3.63) is 65.0 Å². The summed E-state index contributed by atoms with van der Waals surface area (Å²) in [6, 6.07) is 10.5. The summed E-state index contributed by atoms with van der Waals surface area (Å²) in [6.45, 7) is 0.458. The lowest BCUT2D eigenvalue weighted by Gasteiger charge is -2.25. The van der Waals surface area contributed by atoms with Crippen molar-refractivity contribution in [1.82, 2.24) is 10.2 Å². The maximum absolute atomic E-state index is 13.0. The lowest BCUT2D eigenvalue weighted by Crippen LogP contribution is -2.46. The van der Waals surface area contributed by atoms with Crippen LogP contribution >= 0.6 is 0 Å². The van der Waals surface area contributed by atoms with E-state index in [0.29, 0.717) is 16.9 Å². The predicted octanol–water partition coefficient (Wildman–Crippen LogP) is 2.45. The summed E-state index contributed by atoms with van der Waals surface area (Å²) in [4.78, 5) is 37.3. The third-order valence-corrected chi connectivity index (χ3v) is 4.74. The summed E-state index contributed by atoms with van der Waals surface area (Å²) >= 11 is 0. The highest BCUT2D eigenvalue weighted by Gasteiger charge is 2.37. The van der Waals surface area contributed by atoms with Crippen molar-refractivity contribution in [2.45, 2.75) is 32.0 Å². The Kier molecular flexibility index (Phi) is 6.03. The summed E-state index contributed by atoms with van der Waals surface area (Å²) in [5.41, 5.74) is 1.99. The lowest BCUT2D eigenvalue weighted by atomic mass is 10.1. The average molecular weight is 384 g/mol. The molecule has 0 aromatic heterocycles. The van der Waals surface area contributed by atoms with Gasteiger partial charge in [0.15, 0.2) is 0 Å². The van der Waals surface area contributed by atoms with Gasteiger partial charge < -0.3 is 19.7 Å². The van der Waals surface area contributed by atoms with Crippen molar-refractivity contribution >= 4 is 18.1 Å². The van der Waals surface area contributed by atoms with E-state index in [9.17, 15) is 18.8 Å². The highest BCUT2D eigenvalue weighted by Crippen LogP contribution is 2.33. The van der Waals surface area contributed by atoms with E-state index in [1.807, 2.05) is 0 Å². The Bertz CT molecular complexity index is 882. The first-order valence-electron chi connectivity index (χ1n) is 9.00. The third-order valence-electron chi connectivity index (χ3n) is 4.74. The number of ether oxygens (including phenoxy) is 1. The quantitative estimate of drug-likeness (QED) is 0.710. The van der Waals surface area contributed by atoms with E-state index in [1.54, 1.807) is 30.3 Å². The van der Waals surface area contributed by atoms with Gasteiger partial charge in [-0.1, -0.05) is 18.2 Å². The number of nitrogens with one attached hydrogen (secondary N) is 1. The van der Waals surface area contributed by atoms with Gasteiger partial charge in [-0.15, -0.1) is 0 Å². The summed E-state index contributed by atoms with van der Waals surface area (Å²) in [5, 5.41) is 2.55. The van der Waals surface area contributed by atoms with Gasteiger partial charge in [0.1, 0.15) is 30.5 Å². The first-order valence-corrected chi connectivity index (χ1v) is 9.00. The Hall–Kier alpha value is -3.22. The van der Waals surface area contributed by atoms with Crippen molar-refractivity contribution in [2.75, 3.05) is 7.05 Å². The van der Waals surface area contributed by atoms with Crippen molar-refractivity contribution < 1.29 is 23.5 Å². The van der Waals surface area contributed by atoms with Gasteiger partial charge in [-0.2, -0.15) is 0 Å². The third kappa shape index (κ3) is 4.03. The van der Waals surface area contributed by atoms with Gasteiger partial charge in [-0.25, -0.2) is 4.39 Å². The predicted molar refractivity (Wildman–Crippen MR) is 100 cm³/mol. The van der Waals surface area contributed by atoms with E-state index in [1.165, 1.54) is 24.1 Å². The number of likely N-dealkylation sites (N-methyl/N-ethyl adjacent to an activating group) is 1. The highest BCUT2D eigenvalue weighted by atomic mass is 19.1. The molecule has 28 heavy (non-hydrogen) atoms. The molecular formula is C21H21FN2O4. The zero-order chi connectivity index (χ0) is 20.1. The summed E-state index contributed by atoms with van der Waals surface area (Å²) < 4.78 is 18.9. The molecule has 0 spiro atoms. The standard InChI is InChI=1S/C21H21FN2O4/c1-23-20(26)18(5-3-11-25)24-12-17-16(21(24)27)4-2-6-19(17)28-13-14-7-9-15(22)10-8-14/h2,4,6-11,18H,3,5,12-13H2,1H3,(H,23,26). The zero-order valence-corrected chi connectivity index (χ0v) is 15.5. The van der Waals surface area contributed by atoms with Crippen LogP contribution in [0.3, 0.4) is 0 Å². The molecule has 1 unspecified atom stereocenters. The fourth-order valence-corrected chi connectivity index (χ4v) is 3.28. The summed E-state index contributed by atoms with van der Waals surface area (Å²) in [7, 11) is 1.50. The van der Waals surface area contributed by atoms with Crippen LogP contribution in [0.1, 0.15) is 34.3 Å². The van der Waals surface area contributed by atoms with Crippen LogP contribution < -0.4 is 10.1 Å². The van der Waals surface area contributed by atoms with Gasteiger partial charge >= 0.3 is 0 Å². The van der Waals surface area contributed by atoms with Gasteiger partial charge in [-0.05, 0) is 36.2 Å². The van der Waals surface area contributed by atoms with Crippen LogP contribution in [0.2, 0.25) is 0 Å². The topological polar surface area (TPSA) is 75.7 Å². The Morgan fingerprint density at radius 1 is 1.29 bits per heavy atom. The van der Waals surface area contributed by atoms with Crippen LogP contribution in [0.25, 0.3) is 0 Å². The second-order valence-electron chi connectivity index (χ2n) is 6.50. The maximum atomic E-state index is 13.0. The average Bonchev–Trinajstić information content (AvgIpc) is 3.05. The molecule has 6 nitrogen and oxygen atoms in total. The molecule has 1 N–H and O–H groups in total. The number of carbonyl (C=O) groups is 3. The number of fused-ring (bicyclic) bond motifs is 1. The fourth-order valence-electron chi connectivity index (χ4n) is 3.28. The van der Waals surface area contributed by atoms with E-state index in [2.05, 4.69) is 5.32 Å². The van der Waals surface area contributed by atoms with Crippen molar-refractivity contribution in [1.29, 1.82) is 0 Å². The minimum absolute atomic E-state index is 0.187. The zero-order valence-electron chi connectivity index (χ0n) is 15.5. The smallest absolute Gasteiger partial charge is 0.255 e. The number of hydrogen-bond donors (Lipinski definition) is 1. The van der Waals surface area contributed by atoms with Gasteiger partial charge in [0.2, 0.25) is 5.91 Å². The SMILES string of the molecule is CNC(=O)C(CCC=O)N1Cc2c(OCc3ccc(F)cc3)cccc2C1=O. The van der Waals surface area contributed by atoms with E-state index >= 15 is 0 Å². The Labute approximate surface area is 162 Å². The molecule has 0 saturated carbocycles. The molecule has 0 fully saturated rings.